The monoisotopic (exact) mass is 368 g/mol. The van der Waals surface area contributed by atoms with Crippen molar-refractivity contribution in [2.24, 2.45) is 5.73 Å². The minimum Gasteiger partial charge on any atom is -0.328 e. The SMILES string of the molecule is CC(N)Cc1cn(-c2ccc3c(c2)C(=O)N(C2CCC(=O)NC2=O)C3)nn1. The first-order valence-corrected chi connectivity index (χ1v) is 8.87. The van der Waals surface area contributed by atoms with E-state index < -0.39 is 11.9 Å². The van der Waals surface area contributed by atoms with E-state index in [9.17, 15) is 14.4 Å². The number of fused-ring (bicyclic) bond motifs is 1. The maximum Gasteiger partial charge on any atom is 0.255 e. The van der Waals surface area contributed by atoms with Gasteiger partial charge in [-0.3, -0.25) is 19.7 Å². The standard InChI is InChI=1S/C18H20N6O3/c1-10(19)6-12-9-24(22-21-12)13-3-2-11-8-23(18(27)14(11)7-13)15-4-5-16(25)20-17(15)26/h2-3,7,9-10,15H,4-6,8,19H2,1H3,(H,20,25,26). The van der Waals surface area contributed by atoms with E-state index in [1.165, 1.54) is 4.90 Å². The lowest BCUT2D eigenvalue weighted by Crippen LogP contribution is -2.52. The number of carbonyl (C=O) groups excluding carboxylic acids is 3. The maximum absolute atomic E-state index is 12.9. The van der Waals surface area contributed by atoms with Crippen LogP contribution in [-0.2, 0) is 22.6 Å². The molecule has 4 rings (SSSR count). The number of amides is 3. The van der Waals surface area contributed by atoms with Crippen LogP contribution < -0.4 is 11.1 Å². The number of aromatic nitrogens is 3. The predicted molar refractivity (Wildman–Crippen MR) is 94.8 cm³/mol. The van der Waals surface area contributed by atoms with Gasteiger partial charge in [0.2, 0.25) is 11.8 Å². The number of imide groups is 1. The minimum absolute atomic E-state index is 0.0150. The molecule has 1 aromatic heterocycles. The van der Waals surface area contributed by atoms with Crippen LogP contribution in [0.25, 0.3) is 5.69 Å². The van der Waals surface area contributed by atoms with E-state index in [4.69, 9.17) is 5.73 Å². The first kappa shape index (κ1) is 17.3. The van der Waals surface area contributed by atoms with Gasteiger partial charge in [-0.15, -0.1) is 5.10 Å². The fourth-order valence-electron chi connectivity index (χ4n) is 3.53. The van der Waals surface area contributed by atoms with Gasteiger partial charge in [-0.05, 0) is 31.0 Å². The van der Waals surface area contributed by atoms with Gasteiger partial charge in [-0.25, -0.2) is 4.68 Å². The molecule has 0 radical (unpaired) electrons. The molecule has 27 heavy (non-hydrogen) atoms. The van der Waals surface area contributed by atoms with Crippen LogP contribution in [0.2, 0.25) is 0 Å². The second-order valence-electron chi connectivity index (χ2n) is 7.08. The largest absolute Gasteiger partial charge is 0.328 e. The number of hydrogen-bond acceptors (Lipinski definition) is 6. The number of carbonyl (C=O) groups is 3. The summed E-state index contributed by atoms with van der Waals surface area (Å²) in [7, 11) is 0. The third-order valence-electron chi connectivity index (χ3n) is 4.85. The zero-order chi connectivity index (χ0) is 19.1. The molecule has 2 aliphatic rings. The zero-order valence-electron chi connectivity index (χ0n) is 14.9. The molecule has 2 aliphatic heterocycles. The van der Waals surface area contributed by atoms with Gasteiger partial charge in [-0.1, -0.05) is 11.3 Å². The molecule has 140 valence electrons. The van der Waals surface area contributed by atoms with Gasteiger partial charge in [0.25, 0.3) is 5.91 Å². The summed E-state index contributed by atoms with van der Waals surface area (Å²) in [4.78, 5) is 37.8. The topological polar surface area (TPSA) is 123 Å². The number of rotatable bonds is 4. The van der Waals surface area contributed by atoms with Gasteiger partial charge in [0.15, 0.2) is 0 Å². The van der Waals surface area contributed by atoms with Crippen molar-refractivity contribution in [2.45, 2.75) is 44.8 Å². The Bertz CT molecular complexity index is 935. The molecule has 3 amide bonds. The molecule has 2 unspecified atom stereocenters. The van der Waals surface area contributed by atoms with Crippen molar-refractivity contribution in [3.05, 3.63) is 41.2 Å². The quantitative estimate of drug-likeness (QED) is 0.728. The summed E-state index contributed by atoms with van der Waals surface area (Å²) in [6.45, 7) is 2.25. The number of piperidine rings is 1. The highest BCUT2D eigenvalue weighted by Gasteiger charge is 2.39. The van der Waals surface area contributed by atoms with Gasteiger partial charge < -0.3 is 10.6 Å². The smallest absolute Gasteiger partial charge is 0.255 e. The summed E-state index contributed by atoms with van der Waals surface area (Å²) in [6.07, 6.45) is 3.00. The van der Waals surface area contributed by atoms with Crippen molar-refractivity contribution in [3.63, 3.8) is 0 Å². The van der Waals surface area contributed by atoms with Crippen molar-refractivity contribution < 1.29 is 14.4 Å². The van der Waals surface area contributed by atoms with Gasteiger partial charge >= 0.3 is 0 Å². The molecule has 3 N–H and O–H groups in total. The van der Waals surface area contributed by atoms with Gasteiger partial charge in [0, 0.05) is 31.0 Å². The van der Waals surface area contributed by atoms with E-state index in [0.717, 1.165) is 16.9 Å². The van der Waals surface area contributed by atoms with E-state index in [0.29, 0.717) is 24.9 Å². The molecular formula is C18H20N6O3. The predicted octanol–water partition coefficient (Wildman–Crippen LogP) is -0.0820. The Kier molecular flexibility index (Phi) is 4.23. The average molecular weight is 368 g/mol. The Morgan fingerprint density at radius 1 is 1.33 bits per heavy atom. The third kappa shape index (κ3) is 3.21. The maximum atomic E-state index is 12.9. The van der Waals surface area contributed by atoms with E-state index in [1.807, 2.05) is 19.1 Å². The number of hydrogen-bond donors (Lipinski definition) is 2. The van der Waals surface area contributed by atoms with Crippen LogP contribution in [0.1, 0.15) is 41.4 Å². The molecule has 0 spiro atoms. The Morgan fingerprint density at radius 2 is 2.15 bits per heavy atom. The summed E-state index contributed by atoms with van der Waals surface area (Å²) < 4.78 is 1.61. The Morgan fingerprint density at radius 3 is 2.89 bits per heavy atom. The molecule has 1 aromatic carbocycles. The molecule has 1 fully saturated rings. The Hall–Kier alpha value is -3.07. The molecule has 0 saturated carbocycles. The first-order chi connectivity index (χ1) is 12.9. The van der Waals surface area contributed by atoms with E-state index in [-0.39, 0.29) is 24.3 Å². The normalized spacial score (nSPS) is 20.6. The van der Waals surface area contributed by atoms with Crippen LogP contribution in [0.4, 0.5) is 0 Å². The van der Waals surface area contributed by atoms with Crippen molar-refractivity contribution >= 4 is 17.7 Å². The summed E-state index contributed by atoms with van der Waals surface area (Å²) in [5.41, 5.74) is 8.68. The van der Waals surface area contributed by atoms with Crippen molar-refractivity contribution in [2.75, 3.05) is 0 Å². The second-order valence-corrected chi connectivity index (χ2v) is 7.08. The number of nitrogens with one attached hydrogen (secondary N) is 1. The van der Waals surface area contributed by atoms with Crippen molar-refractivity contribution in [1.29, 1.82) is 0 Å². The van der Waals surface area contributed by atoms with E-state index in [1.54, 1.807) is 16.9 Å². The molecule has 0 bridgehead atoms. The third-order valence-corrected chi connectivity index (χ3v) is 4.85. The van der Waals surface area contributed by atoms with Crippen molar-refractivity contribution in [3.8, 4) is 5.69 Å². The highest BCUT2D eigenvalue weighted by Crippen LogP contribution is 2.29. The first-order valence-electron chi connectivity index (χ1n) is 8.87. The summed E-state index contributed by atoms with van der Waals surface area (Å²) >= 11 is 0. The fourth-order valence-corrected chi connectivity index (χ4v) is 3.53. The summed E-state index contributed by atoms with van der Waals surface area (Å²) in [5.74, 6) is -0.918. The van der Waals surface area contributed by atoms with E-state index >= 15 is 0 Å². The zero-order valence-corrected chi connectivity index (χ0v) is 14.9. The van der Waals surface area contributed by atoms with Crippen LogP contribution in [0.5, 0.6) is 0 Å². The molecular weight excluding hydrogens is 348 g/mol. The summed E-state index contributed by atoms with van der Waals surface area (Å²) in [5, 5.41) is 10.5. The Labute approximate surface area is 155 Å². The number of benzene rings is 1. The molecule has 2 aromatic rings. The number of nitrogens with two attached hydrogens (primary N) is 1. The lowest BCUT2D eigenvalue weighted by molar-refractivity contribution is -0.136. The molecule has 1 saturated heterocycles. The number of nitrogens with zero attached hydrogens (tertiary/aromatic N) is 4. The van der Waals surface area contributed by atoms with E-state index in [2.05, 4.69) is 15.6 Å². The minimum atomic E-state index is -0.616. The van der Waals surface area contributed by atoms with Crippen LogP contribution in [-0.4, -0.2) is 49.7 Å². The lowest BCUT2D eigenvalue weighted by Gasteiger charge is -2.29. The van der Waals surface area contributed by atoms with Crippen LogP contribution in [0.15, 0.2) is 24.4 Å². The molecule has 3 heterocycles. The van der Waals surface area contributed by atoms with Crippen LogP contribution >= 0.6 is 0 Å². The molecule has 2 atom stereocenters. The average Bonchev–Trinajstić information content (AvgIpc) is 3.19. The van der Waals surface area contributed by atoms with Crippen LogP contribution in [0.3, 0.4) is 0 Å². The van der Waals surface area contributed by atoms with Crippen LogP contribution in [0, 0.1) is 0 Å². The fraction of sp³-hybridized carbons (Fsp3) is 0.389. The van der Waals surface area contributed by atoms with Gasteiger partial charge in [-0.2, -0.15) is 0 Å². The van der Waals surface area contributed by atoms with Crippen molar-refractivity contribution in [1.82, 2.24) is 25.2 Å². The van der Waals surface area contributed by atoms with Gasteiger partial charge in [0.05, 0.1) is 17.6 Å². The summed E-state index contributed by atoms with van der Waals surface area (Å²) in [6, 6.07) is 4.86. The Balaban J connectivity index is 1.57. The highest BCUT2D eigenvalue weighted by atomic mass is 16.2. The molecule has 9 heteroatoms. The second kappa shape index (κ2) is 6.58. The highest BCUT2D eigenvalue weighted by molar-refractivity contribution is 6.05. The molecule has 9 nitrogen and oxygen atoms in total. The molecule has 0 aliphatic carbocycles. The lowest BCUT2D eigenvalue weighted by atomic mass is 10.0. The van der Waals surface area contributed by atoms with Gasteiger partial charge in [0.1, 0.15) is 6.04 Å².